The van der Waals surface area contributed by atoms with E-state index in [0.717, 1.165) is 5.56 Å². The zero-order chi connectivity index (χ0) is 23.3. The molecule has 8 nitrogen and oxygen atoms in total. The minimum atomic E-state index is -0.517. The van der Waals surface area contributed by atoms with Crippen molar-refractivity contribution in [2.75, 3.05) is 10.6 Å². The summed E-state index contributed by atoms with van der Waals surface area (Å²) >= 11 is 6.20. The quantitative estimate of drug-likeness (QED) is 0.447. The Bertz CT molecular complexity index is 1140. The number of aromatic amines is 1. The highest BCUT2D eigenvalue weighted by molar-refractivity contribution is 6.34. The predicted octanol–water partition coefficient (Wildman–Crippen LogP) is 4.23. The van der Waals surface area contributed by atoms with Crippen molar-refractivity contribution in [3.63, 3.8) is 0 Å². The van der Waals surface area contributed by atoms with Crippen LogP contribution < -0.4 is 16.0 Å². The number of benzene rings is 2. The molecule has 0 unspecified atom stereocenters. The summed E-state index contributed by atoms with van der Waals surface area (Å²) in [6.07, 6.45) is 1.33. The van der Waals surface area contributed by atoms with Crippen LogP contribution in [0.1, 0.15) is 47.2 Å². The number of nitrogens with one attached hydrogen (secondary N) is 4. The van der Waals surface area contributed by atoms with Gasteiger partial charge in [-0.15, -0.1) is 0 Å². The van der Waals surface area contributed by atoms with Crippen molar-refractivity contribution in [3.05, 3.63) is 76.6 Å². The number of hydrogen-bond donors (Lipinski definition) is 4. The number of rotatable bonds is 6. The van der Waals surface area contributed by atoms with E-state index in [1.807, 2.05) is 26.8 Å². The van der Waals surface area contributed by atoms with Gasteiger partial charge in [0.25, 0.3) is 11.8 Å². The van der Waals surface area contributed by atoms with Crippen molar-refractivity contribution in [1.29, 1.82) is 0 Å². The maximum absolute atomic E-state index is 12.7. The van der Waals surface area contributed by atoms with E-state index < -0.39 is 11.3 Å². The molecule has 0 atom stereocenters. The van der Waals surface area contributed by atoms with Crippen molar-refractivity contribution < 1.29 is 14.4 Å². The van der Waals surface area contributed by atoms with E-state index in [2.05, 4.69) is 25.9 Å². The molecule has 1 aromatic heterocycles. The molecule has 1 heterocycles. The monoisotopic (exact) mass is 453 g/mol. The zero-order valence-electron chi connectivity index (χ0n) is 18.0. The van der Waals surface area contributed by atoms with Gasteiger partial charge in [0.05, 0.1) is 16.8 Å². The lowest BCUT2D eigenvalue weighted by atomic mass is 9.95. The number of hydrogen-bond acceptors (Lipinski definition) is 4. The highest BCUT2D eigenvalue weighted by Gasteiger charge is 2.21. The zero-order valence-corrected chi connectivity index (χ0v) is 18.7. The molecule has 0 saturated carbocycles. The van der Waals surface area contributed by atoms with E-state index in [1.54, 1.807) is 42.5 Å². The highest BCUT2D eigenvalue weighted by Crippen LogP contribution is 2.20. The summed E-state index contributed by atoms with van der Waals surface area (Å²) in [4.78, 5) is 43.9. The summed E-state index contributed by atoms with van der Waals surface area (Å²) in [5.74, 6) is -0.881. The fraction of sp³-hybridized carbons (Fsp3) is 0.217. The molecular weight excluding hydrogens is 430 g/mol. The number of aromatic nitrogens is 2. The first kappa shape index (κ1) is 23.0. The Morgan fingerprint density at radius 3 is 2.41 bits per heavy atom. The maximum atomic E-state index is 12.7. The van der Waals surface area contributed by atoms with Gasteiger partial charge < -0.3 is 15.6 Å². The molecule has 3 aromatic rings. The Labute approximate surface area is 190 Å². The molecule has 3 amide bonds. The molecule has 2 aromatic carbocycles. The minimum absolute atomic E-state index is 0.102. The maximum Gasteiger partial charge on any atom is 0.273 e. The van der Waals surface area contributed by atoms with Gasteiger partial charge >= 0.3 is 0 Å². The molecule has 4 N–H and O–H groups in total. The summed E-state index contributed by atoms with van der Waals surface area (Å²) in [5, 5.41) is 8.41. The van der Waals surface area contributed by atoms with Gasteiger partial charge in [0.2, 0.25) is 11.9 Å². The molecule has 0 radical (unpaired) electrons. The first-order valence-electron chi connectivity index (χ1n) is 9.93. The van der Waals surface area contributed by atoms with Crippen LogP contribution in [-0.4, -0.2) is 27.7 Å². The number of halogens is 1. The average molecular weight is 454 g/mol. The van der Waals surface area contributed by atoms with Gasteiger partial charge in [0.15, 0.2) is 0 Å². The Balaban J connectivity index is 1.65. The van der Waals surface area contributed by atoms with Gasteiger partial charge in [-0.25, -0.2) is 4.98 Å². The van der Waals surface area contributed by atoms with Crippen LogP contribution in [0, 0.1) is 5.41 Å². The van der Waals surface area contributed by atoms with Gasteiger partial charge in [-0.1, -0.05) is 56.6 Å². The summed E-state index contributed by atoms with van der Waals surface area (Å²) in [6.45, 7) is 5.72. The van der Waals surface area contributed by atoms with Crippen LogP contribution in [0.2, 0.25) is 5.02 Å². The van der Waals surface area contributed by atoms with Crippen molar-refractivity contribution >= 4 is 41.0 Å². The smallest absolute Gasteiger partial charge is 0.273 e. The second kappa shape index (κ2) is 9.65. The second-order valence-corrected chi connectivity index (χ2v) is 8.57. The number of carbonyl (C=O) groups excluding carboxylic acids is 3. The van der Waals surface area contributed by atoms with Crippen LogP contribution in [0.4, 0.5) is 11.6 Å². The van der Waals surface area contributed by atoms with E-state index in [-0.39, 0.29) is 40.6 Å². The molecule has 9 heteroatoms. The molecule has 0 aliphatic rings. The van der Waals surface area contributed by atoms with Crippen molar-refractivity contribution in [3.8, 4) is 0 Å². The molecule has 3 rings (SSSR count). The van der Waals surface area contributed by atoms with Crippen molar-refractivity contribution in [1.82, 2.24) is 15.3 Å². The fourth-order valence-electron chi connectivity index (χ4n) is 2.70. The normalized spacial score (nSPS) is 11.0. The molecule has 0 bridgehead atoms. The van der Waals surface area contributed by atoms with Crippen LogP contribution in [0.5, 0.6) is 0 Å². The third-order valence-electron chi connectivity index (χ3n) is 4.49. The third kappa shape index (κ3) is 5.95. The number of amides is 3. The molecule has 0 fully saturated rings. The second-order valence-electron chi connectivity index (χ2n) is 8.17. The summed E-state index contributed by atoms with van der Waals surface area (Å²) < 4.78 is 0. The molecule has 0 aliphatic carbocycles. The standard InChI is InChI=1S/C23H24ClN5O3/c1-23(2,3)21(32)25-12-14-9-10-17(24)16(11-14)19(30)29-22-26-13-18(28-22)20(31)27-15-7-5-4-6-8-15/h4-11,13H,12H2,1-3H3,(H,25,32)(H,27,31)(H2,26,28,29,30). The lowest BCUT2D eigenvalue weighted by Crippen LogP contribution is -2.34. The predicted molar refractivity (Wildman–Crippen MR) is 124 cm³/mol. The molecule has 0 spiro atoms. The lowest BCUT2D eigenvalue weighted by molar-refractivity contribution is -0.128. The summed E-state index contributed by atoms with van der Waals surface area (Å²) in [7, 11) is 0. The molecule has 0 saturated heterocycles. The fourth-order valence-corrected chi connectivity index (χ4v) is 2.90. The molecule has 166 valence electrons. The van der Waals surface area contributed by atoms with Crippen LogP contribution in [-0.2, 0) is 11.3 Å². The van der Waals surface area contributed by atoms with E-state index >= 15 is 0 Å². The SMILES string of the molecule is CC(C)(C)C(=O)NCc1ccc(Cl)c(C(=O)Nc2ncc(C(=O)Nc3ccccc3)[nH]2)c1. The first-order valence-corrected chi connectivity index (χ1v) is 10.3. The van der Waals surface area contributed by atoms with E-state index in [0.29, 0.717) is 5.69 Å². The topological polar surface area (TPSA) is 116 Å². The van der Waals surface area contributed by atoms with Gasteiger partial charge in [-0.3, -0.25) is 19.7 Å². The molecule has 0 aliphatic heterocycles. The van der Waals surface area contributed by atoms with E-state index in [9.17, 15) is 14.4 Å². The Hall–Kier alpha value is -3.65. The van der Waals surface area contributed by atoms with Gasteiger partial charge in [-0.05, 0) is 29.8 Å². The van der Waals surface area contributed by atoms with Crippen LogP contribution in [0.25, 0.3) is 0 Å². The summed E-state index contributed by atoms with van der Waals surface area (Å²) in [5.41, 5.74) is 1.25. The highest BCUT2D eigenvalue weighted by atomic mass is 35.5. The van der Waals surface area contributed by atoms with E-state index in [1.165, 1.54) is 6.20 Å². The first-order chi connectivity index (χ1) is 15.1. The Kier molecular flexibility index (Phi) is 6.95. The number of carbonyl (C=O) groups is 3. The van der Waals surface area contributed by atoms with Gasteiger partial charge in [0, 0.05) is 17.6 Å². The number of anilines is 2. The lowest BCUT2D eigenvalue weighted by Gasteiger charge is -2.18. The Morgan fingerprint density at radius 1 is 1.00 bits per heavy atom. The van der Waals surface area contributed by atoms with Crippen LogP contribution in [0.15, 0.2) is 54.7 Å². The van der Waals surface area contributed by atoms with Crippen LogP contribution >= 0.6 is 11.6 Å². The average Bonchev–Trinajstić information content (AvgIpc) is 3.21. The van der Waals surface area contributed by atoms with Gasteiger partial charge in [0.1, 0.15) is 5.69 Å². The number of imidazole rings is 1. The number of para-hydroxylation sites is 1. The Morgan fingerprint density at radius 2 is 1.72 bits per heavy atom. The molecular formula is C23H24ClN5O3. The third-order valence-corrected chi connectivity index (χ3v) is 4.82. The van der Waals surface area contributed by atoms with Crippen molar-refractivity contribution in [2.24, 2.45) is 5.41 Å². The van der Waals surface area contributed by atoms with E-state index in [4.69, 9.17) is 11.6 Å². The largest absolute Gasteiger partial charge is 0.352 e. The minimum Gasteiger partial charge on any atom is -0.352 e. The number of nitrogens with zero attached hydrogens (tertiary/aromatic N) is 1. The summed E-state index contributed by atoms with van der Waals surface area (Å²) in [6, 6.07) is 13.9. The van der Waals surface area contributed by atoms with Gasteiger partial charge in [-0.2, -0.15) is 0 Å². The molecule has 32 heavy (non-hydrogen) atoms. The van der Waals surface area contributed by atoms with Crippen molar-refractivity contribution in [2.45, 2.75) is 27.3 Å². The van der Waals surface area contributed by atoms with Crippen LogP contribution in [0.3, 0.4) is 0 Å². The number of H-pyrrole nitrogens is 1.